The van der Waals surface area contributed by atoms with E-state index in [1.165, 1.54) is 38.5 Å². The molecule has 0 unspecified atom stereocenters. The first-order chi connectivity index (χ1) is 8.22. The van der Waals surface area contributed by atoms with E-state index in [1.807, 2.05) is 0 Å². The van der Waals surface area contributed by atoms with Gasteiger partial charge < -0.3 is 15.7 Å². The molecule has 3 heteroatoms. The Labute approximate surface area is 106 Å². The molecule has 0 aromatic heterocycles. The largest absolute Gasteiger partial charge is 0.396 e. The van der Waals surface area contributed by atoms with Gasteiger partial charge in [0.25, 0.3) is 0 Å². The maximum Gasteiger partial charge on any atom is 0.0431 e. The molecular formula is C14H30N2O. The second kappa shape index (κ2) is 8.06. The van der Waals surface area contributed by atoms with Crippen LogP contribution in [-0.2, 0) is 0 Å². The van der Waals surface area contributed by atoms with E-state index in [0.717, 1.165) is 32.5 Å². The van der Waals surface area contributed by atoms with Crippen molar-refractivity contribution in [1.29, 1.82) is 0 Å². The predicted molar refractivity (Wildman–Crippen MR) is 73.0 cm³/mol. The van der Waals surface area contributed by atoms with Crippen LogP contribution in [0.3, 0.4) is 0 Å². The molecule has 0 aliphatic heterocycles. The third-order valence-electron chi connectivity index (χ3n) is 4.15. The minimum atomic E-state index is 0.330. The molecule has 0 radical (unpaired) electrons. The highest BCUT2D eigenvalue weighted by Gasteiger charge is 2.31. The lowest BCUT2D eigenvalue weighted by Crippen LogP contribution is -2.42. The van der Waals surface area contributed by atoms with E-state index in [4.69, 9.17) is 10.8 Å². The van der Waals surface area contributed by atoms with Crippen molar-refractivity contribution in [1.82, 2.24) is 4.90 Å². The standard InChI is InChI=1S/C14H30N2O/c1-16(10-6-3-7-11-17)13-14(12-15)8-4-2-5-9-14/h17H,2-13,15H2,1H3. The molecule has 0 atom stereocenters. The van der Waals surface area contributed by atoms with E-state index < -0.39 is 0 Å². The van der Waals surface area contributed by atoms with E-state index in [9.17, 15) is 0 Å². The fraction of sp³-hybridized carbons (Fsp3) is 1.00. The van der Waals surface area contributed by atoms with Gasteiger partial charge in [0, 0.05) is 13.2 Å². The molecule has 17 heavy (non-hydrogen) atoms. The lowest BCUT2D eigenvalue weighted by atomic mass is 9.74. The Balaban J connectivity index is 2.24. The lowest BCUT2D eigenvalue weighted by Gasteiger charge is -2.39. The molecule has 1 rings (SSSR count). The number of nitrogens with zero attached hydrogens (tertiary/aromatic N) is 1. The van der Waals surface area contributed by atoms with Crippen molar-refractivity contribution in [3.63, 3.8) is 0 Å². The molecule has 1 fully saturated rings. The first-order valence-electron chi connectivity index (χ1n) is 7.22. The average Bonchev–Trinajstić information content (AvgIpc) is 2.36. The summed E-state index contributed by atoms with van der Waals surface area (Å²) in [5, 5.41) is 8.74. The molecule has 1 aliphatic carbocycles. The van der Waals surface area contributed by atoms with Crippen molar-refractivity contribution in [3.05, 3.63) is 0 Å². The molecule has 0 spiro atoms. The maximum absolute atomic E-state index is 8.74. The molecule has 0 bridgehead atoms. The summed E-state index contributed by atoms with van der Waals surface area (Å²) < 4.78 is 0. The number of unbranched alkanes of at least 4 members (excludes halogenated alkanes) is 2. The number of hydrogen-bond acceptors (Lipinski definition) is 3. The normalized spacial score (nSPS) is 19.8. The Morgan fingerprint density at radius 3 is 2.41 bits per heavy atom. The average molecular weight is 242 g/mol. The zero-order chi connectivity index (χ0) is 12.6. The van der Waals surface area contributed by atoms with Crippen LogP contribution in [0.15, 0.2) is 0 Å². The molecule has 1 saturated carbocycles. The number of aliphatic hydroxyl groups is 1. The van der Waals surface area contributed by atoms with Gasteiger partial charge in [-0.05, 0) is 57.7 Å². The summed E-state index contributed by atoms with van der Waals surface area (Å²) in [6.07, 6.45) is 9.99. The van der Waals surface area contributed by atoms with Crippen molar-refractivity contribution in [2.24, 2.45) is 11.1 Å². The molecule has 3 nitrogen and oxygen atoms in total. The van der Waals surface area contributed by atoms with Crippen LogP contribution in [0.4, 0.5) is 0 Å². The van der Waals surface area contributed by atoms with Crippen molar-refractivity contribution < 1.29 is 5.11 Å². The van der Waals surface area contributed by atoms with Gasteiger partial charge in [0.1, 0.15) is 0 Å². The number of aliphatic hydroxyl groups excluding tert-OH is 1. The van der Waals surface area contributed by atoms with Crippen molar-refractivity contribution in [3.8, 4) is 0 Å². The van der Waals surface area contributed by atoms with E-state index in [1.54, 1.807) is 0 Å². The van der Waals surface area contributed by atoms with Crippen molar-refractivity contribution in [2.75, 3.05) is 33.3 Å². The van der Waals surface area contributed by atoms with Crippen LogP contribution in [0.2, 0.25) is 0 Å². The highest BCUT2D eigenvalue weighted by Crippen LogP contribution is 2.35. The van der Waals surface area contributed by atoms with E-state index in [-0.39, 0.29) is 0 Å². The molecule has 0 amide bonds. The van der Waals surface area contributed by atoms with Gasteiger partial charge in [0.2, 0.25) is 0 Å². The van der Waals surface area contributed by atoms with Crippen molar-refractivity contribution >= 4 is 0 Å². The van der Waals surface area contributed by atoms with Gasteiger partial charge in [-0.15, -0.1) is 0 Å². The van der Waals surface area contributed by atoms with Gasteiger partial charge in [-0.3, -0.25) is 0 Å². The lowest BCUT2D eigenvalue weighted by molar-refractivity contribution is 0.126. The van der Waals surface area contributed by atoms with Gasteiger partial charge in [0.15, 0.2) is 0 Å². The third kappa shape index (κ3) is 5.36. The van der Waals surface area contributed by atoms with Crippen LogP contribution in [0.25, 0.3) is 0 Å². The molecular weight excluding hydrogens is 212 g/mol. The fourth-order valence-electron chi connectivity index (χ4n) is 3.05. The van der Waals surface area contributed by atoms with Crippen LogP contribution in [0.1, 0.15) is 51.4 Å². The van der Waals surface area contributed by atoms with Crippen LogP contribution < -0.4 is 5.73 Å². The first-order valence-corrected chi connectivity index (χ1v) is 7.22. The minimum absolute atomic E-state index is 0.330. The van der Waals surface area contributed by atoms with E-state index in [0.29, 0.717) is 12.0 Å². The molecule has 0 aromatic rings. The Morgan fingerprint density at radius 1 is 1.12 bits per heavy atom. The highest BCUT2D eigenvalue weighted by molar-refractivity contribution is 4.86. The molecule has 0 saturated heterocycles. The Hall–Kier alpha value is -0.120. The zero-order valence-electron chi connectivity index (χ0n) is 11.5. The van der Waals surface area contributed by atoms with Crippen LogP contribution >= 0.6 is 0 Å². The number of hydrogen-bond donors (Lipinski definition) is 2. The van der Waals surface area contributed by atoms with Gasteiger partial charge in [-0.1, -0.05) is 19.3 Å². The minimum Gasteiger partial charge on any atom is -0.396 e. The van der Waals surface area contributed by atoms with Crippen LogP contribution in [-0.4, -0.2) is 43.3 Å². The smallest absolute Gasteiger partial charge is 0.0431 e. The Morgan fingerprint density at radius 2 is 1.82 bits per heavy atom. The summed E-state index contributed by atoms with van der Waals surface area (Å²) in [6, 6.07) is 0. The zero-order valence-corrected chi connectivity index (χ0v) is 11.5. The fourth-order valence-corrected chi connectivity index (χ4v) is 3.05. The predicted octanol–water partition coefficient (Wildman–Crippen LogP) is 1.99. The molecule has 0 aromatic carbocycles. The quantitative estimate of drug-likeness (QED) is 0.640. The molecule has 1 aliphatic rings. The summed E-state index contributed by atoms with van der Waals surface area (Å²) in [7, 11) is 2.21. The second-order valence-corrected chi connectivity index (χ2v) is 5.79. The third-order valence-corrected chi connectivity index (χ3v) is 4.15. The second-order valence-electron chi connectivity index (χ2n) is 5.79. The summed E-state index contributed by atoms with van der Waals surface area (Å²) in [6.45, 7) is 3.47. The van der Waals surface area contributed by atoms with Gasteiger partial charge >= 0.3 is 0 Å². The van der Waals surface area contributed by atoms with Gasteiger partial charge in [0.05, 0.1) is 0 Å². The van der Waals surface area contributed by atoms with E-state index in [2.05, 4.69) is 11.9 Å². The summed E-state index contributed by atoms with van der Waals surface area (Å²) in [4.78, 5) is 2.44. The Bertz CT molecular complexity index is 191. The number of rotatable bonds is 8. The van der Waals surface area contributed by atoms with Crippen LogP contribution in [0.5, 0.6) is 0 Å². The van der Waals surface area contributed by atoms with Crippen LogP contribution in [0, 0.1) is 5.41 Å². The SMILES string of the molecule is CN(CCCCCO)CC1(CN)CCCCC1. The topological polar surface area (TPSA) is 49.5 Å². The molecule has 3 N–H and O–H groups in total. The highest BCUT2D eigenvalue weighted by atomic mass is 16.2. The molecule has 102 valence electrons. The molecule has 0 heterocycles. The first kappa shape index (κ1) is 14.9. The number of nitrogens with two attached hydrogens (primary N) is 1. The Kier molecular flexibility index (Phi) is 7.09. The summed E-state index contributed by atoms with van der Waals surface area (Å²) >= 11 is 0. The van der Waals surface area contributed by atoms with Gasteiger partial charge in [-0.25, -0.2) is 0 Å². The van der Waals surface area contributed by atoms with Gasteiger partial charge in [-0.2, -0.15) is 0 Å². The van der Waals surface area contributed by atoms with E-state index >= 15 is 0 Å². The summed E-state index contributed by atoms with van der Waals surface area (Å²) in [5.74, 6) is 0. The maximum atomic E-state index is 8.74. The van der Waals surface area contributed by atoms with Crippen molar-refractivity contribution in [2.45, 2.75) is 51.4 Å². The monoisotopic (exact) mass is 242 g/mol. The summed E-state index contributed by atoms with van der Waals surface area (Å²) in [5.41, 5.74) is 6.40.